The smallest absolute Gasteiger partial charge is 0.335 e. The maximum Gasteiger partial charge on any atom is 0.335 e. The van der Waals surface area contributed by atoms with E-state index in [0.29, 0.717) is 23.7 Å². The number of aromatic carboxylic acids is 1. The fourth-order valence-corrected chi connectivity index (χ4v) is 3.66. The van der Waals surface area contributed by atoms with Crippen LogP contribution >= 0.6 is 32.7 Å². The van der Waals surface area contributed by atoms with Gasteiger partial charge < -0.3 is 14.2 Å². The van der Waals surface area contributed by atoms with Gasteiger partial charge in [-0.1, -0.05) is 53.5 Å². The van der Waals surface area contributed by atoms with Crippen molar-refractivity contribution in [2.45, 2.75) is 13.0 Å². The van der Waals surface area contributed by atoms with Gasteiger partial charge in [0.05, 0.1) is 16.3 Å². The Kier molecular flexibility index (Phi) is 7.33. The van der Waals surface area contributed by atoms with E-state index in [2.05, 4.69) is 0 Å². The molecule has 0 saturated carbocycles. The summed E-state index contributed by atoms with van der Waals surface area (Å²) in [4.78, 5) is 23.7. The Morgan fingerprint density at radius 2 is 1.80 bits per heavy atom. The van der Waals surface area contributed by atoms with Gasteiger partial charge in [-0.15, -0.1) is 0 Å². The highest BCUT2D eigenvalue weighted by Gasteiger charge is 2.11. The largest absolute Gasteiger partial charge is 0.478 e. The predicted octanol–water partition coefficient (Wildman–Crippen LogP) is 5.17. The van der Waals surface area contributed by atoms with Gasteiger partial charge in [0.1, 0.15) is 5.02 Å². The van der Waals surface area contributed by atoms with Crippen molar-refractivity contribution in [3.05, 3.63) is 97.4 Å². The highest BCUT2D eigenvalue weighted by Crippen LogP contribution is 2.22. The maximum atomic E-state index is 12.7. The second-order valence-corrected chi connectivity index (χ2v) is 7.59. The quantitative estimate of drug-likeness (QED) is 0.491. The van der Waals surface area contributed by atoms with Crippen molar-refractivity contribution >= 4 is 50.8 Å². The maximum absolute atomic E-state index is 12.7. The van der Waals surface area contributed by atoms with E-state index in [1.807, 2.05) is 30.3 Å². The van der Waals surface area contributed by atoms with E-state index < -0.39 is 5.97 Å². The summed E-state index contributed by atoms with van der Waals surface area (Å²) in [5, 5.41) is 9.42. The van der Waals surface area contributed by atoms with Crippen LogP contribution < -0.4 is 10.1 Å². The molecule has 1 aromatic heterocycles. The number of aryl methyl sites for hydroxylation is 1. The van der Waals surface area contributed by atoms with E-state index in [4.69, 9.17) is 32.8 Å². The molecule has 1 atom stereocenters. The van der Waals surface area contributed by atoms with Gasteiger partial charge in [0.2, 0.25) is 0 Å². The van der Waals surface area contributed by atoms with E-state index in [-0.39, 0.29) is 16.1 Å². The number of carboxylic acids is 1. The van der Waals surface area contributed by atoms with Crippen LogP contribution in [0.1, 0.15) is 27.2 Å². The van der Waals surface area contributed by atoms with E-state index in [1.54, 1.807) is 18.2 Å². The Bertz CT molecular complexity index is 1160. The molecular weight excluding hydrogens is 444 g/mol. The van der Waals surface area contributed by atoms with Crippen molar-refractivity contribution in [2.75, 3.05) is 0 Å². The van der Waals surface area contributed by atoms with Gasteiger partial charge in [-0.05, 0) is 54.0 Å². The Morgan fingerprint density at radius 1 is 1.07 bits per heavy atom. The van der Waals surface area contributed by atoms with Crippen LogP contribution in [0.4, 0.5) is 0 Å². The Labute approximate surface area is 185 Å². The van der Waals surface area contributed by atoms with Crippen LogP contribution in [0.25, 0.3) is 12.2 Å². The number of benzene rings is 2. The van der Waals surface area contributed by atoms with Crippen LogP contribution in [0, 0.1) is 0 Å². The fraction of sp³-hybridized carbons (Fsp3) is 0.0909. The van der Waals surface area contributed by atoms with Crippen LogP contribution in [0.15, 0.2) is 59.4 Å². The molecule has 154 valence electrons. The zero-order valence-electron chi connectivity index (χ0n) is 15.8. The molecule has 1 unspecified atom stereocenters. The first-order valence-electron chi connectivity index (χ1n) is 9.00. The summed E-state index contributed by atoms with van der Waals surface area (Å²) >= 11 is 12.4. The number of hydrogen-bond donors (Lipinski definition) is 1. The van der Waals surface area contributed by atoms with Gasteiger partial charge in [0, 0.05) is 6.54 Å². The SMILES string of the molecule is O=C(O)c1ccc(CCn2c(C=Cc3cccc(O[PH3+])c3)c(Cl)cc(Cl)c2=O)cc1. The molecule has 1 N–H and O–H groups in total. The van der Waals surface area contributed by atoms with Gasteiger partial charge in [-0.25, -0.2) is 4.79 Å². The molecular formula is C22H19Cl2NO4P+. The van der Waals surface area contributed by atoms with Crippen molar-refractivity contribution in [1.82, 2.24) is 4.57 Å². The minimum Gasteiger partial charge on any atom is -0.478 e. The topological polar surface area (TPSA) is 68.5 Å². The van der Waals surface area contributed by atoms with Crippen molar-refractivity contribution < 1.29 is 14.4 Å². The van der Waals surface area contributed by atoms with Gasteiger partial charge in [0.25, 0.3) is 5.56 Å². The Hall–Kier alpha value is -2.59. The van der Waals surface area contributed by atoms with E-state index >= 15 is 0 Å². The van der Waals surface area contributed by atoms with E-state index in [1.165, 1.54) is 32.2 Å². The average Bonchev–Trinajstić information content (AvgIpc) is 2.75. The normalized spacial score (nSPS) is 11.1. The number of nitrogens with zero attached hydrogens (tertiary/aromatic N) is 1. The third-order valence-corrected chi connectivity index (χ3v) is 5.43. The molecule has 2 aromatic carbocycles. The fourth-order valence-electron chi connectivity index (χ4n) is 2.94. The van der Waals surface area contributed by atoms with Crippen LogP contribution in [-0.2, 0) is 13.0 Å². The number of hydrogen-bond acceptors (Lipinski definition) is 3. The van der Waals surface area contributed by atoms with Crippen molar-refractivity contribution in [2.24, 2.45) is 0 Å². The number of carbonyl (C=O) groups is 1. The molecule has 0 saturated heterocycles. The van der Waals surface area contributed by atoms with Crippen LogP contribution in [0.3, 0.4) is 0 Å². The van der Waals surface area contributed by atoms with Crippen molar-refractivity contribution in [3.63, 3.8) is 0 Å². The molecule has 0 amide bonds. The van der Waals surface area contributed by atoms with Gasteiger partial charge >= 0.3 is 5.97 Å². The lowest BCUT2D eigenvalue weighted by molar-refractivity contribution is 0.0697. The summed E-state index contributed by atoms with van der Waals surface area (Å²) in [6.45, 7) is 0.338. The first-order chi connectivity index (χ1) is 14.4. The number of halogens is 2. The summed E-state index contributed by atoms with van der Waals surface area (Å²) < 4.78 is 6.78. The average molecular weight is 463 g/mol. The highest BCUT2D eigenvalue weighted by atomic mass is 35.5. The van der Waals surface area contributed by atoms with Gasteiger partial charge in [0.15, 0.2) is 15.2 Å². The number of carboxylic acid groups (broad SMARTS) is 1. The first-order valence-corrected chi connectivity index (χ1v) is 10.3. The van der Waals surface area contributed by atoms with Crippen molar-refractivity contribution in [1.29, 1.82) is 0 Å². The van der Waals surface area contributed by atoms with Crippen LogP contribution in [-0.4, -0.2) is 15.6 Å². The summed E-state index contributed by atoms with van der Waals surface area (Å²) in [6, 6.07) is 15.5. The van der Waals surface area contributed by atoms with Crippen LogP contribution in [0.5, 0.6) is 5.75 Å². The molecule has 0 aliphatic carbocycles. The van der Waals surface area contributed by atoms with E-state index in [9.17, 15) is 9.59 Å². The molecule has 30 heavy (non-hydrogen) atoms. The third-order valence-electron chi connectivity index (χ3n) is 4.52. The number of pyridine rings is 1. The minimum absolute atomic E-state index is 0.0424. The van der Waals surface area contributed by atoms with E-state index in [0.717, 1.165) is 16.9 Å². The van der Waals surface area contributed by atoms with Gasteiger partial charge in [-0.3, -0.25) is 4.79 Å². The standard InChI is InChI=1S/C22H18Cl2NO4P/c23-18-13-19(24)21(26)25(11-10-14-4-7-16(8-5-14)22(27)28)20(18)9-6-15-2-1-3-17(12-15)29-30/h1-9,12-13H,10-11H2,30H3/p+1. The first kappa shape index (κ1) is 22.1. The molecule has 0 aliphatic heterocycles. The molecule has 0 aliphatic rings. The lowest BCUT2D eigenvalue weighted by Crippen LogP contribution is -2.24. The summed E-state index contributed by atoms with van der Waals surface area (Å²) in [5.41, 5.74) is 2.21. The summed E-state index contributed by atoms with van der Waals surface area (Å²) in [5.74, 6) is -0.246. The molecule has 8 heteroatoms. The van der Waals surface area contributed by atoms with Crippen molar-refractivity contribution in [3.8, 4) is 5.75 Å². The molecule has 5 nitrogen and oxygen atoms in total. The second kappa shape index (κ2) is 9.94. The molecule has 1 heterocycles. The molecule has 0 radical (unpaired) electrons. The highest BCUT2D eigenvalue weighted by molar-refractivity contribution is 7.10. The third kappa shape index (κ3) is 5.31. The number of aromatic nitrogens is 1. The molecule has 3 rings (SSSR count). The Balaban J connectivity index is 1.90. The molecule has 0 bridgehead atoms. The minimum atomic E-state index is -0.982. The second-order valence-electron chi connectivity index (χ2n) is 6.48. The lowest BCUT2D eigenvalue weighted by atomic mass is 10.1. The van der Waals surface area contributed by atoms with Crippen LogP contribution in [0.2, 0.25) is 10.0 Å². The lowest BCUT2D eigenvalue weighted by Gasteiger charge is -2.13. The monoisotopic (exact) mass is 462 g/mol. The molecule has 0 spiro atoms. The Morgan fingerprint density at radius 3 is 2.47 bits per heavy atom. The zero-order valence-corrected chi connectivity index (χ0v) is 18.8. The summed E-state index contributed by atoms with van der Waals surface area (Å²) in [7, 11) is 1.40. The summed E-state index contributed by atoms with van der Waals surface area (Å²) in [6.07, 6.45) is 4.13. The van der Waals surface area contributed by atoms with Gasteiger partial charge in [-0.2, -0.15) is 0 Å². The predicted molar refractivity (Wildman–Crippen MR) is 125 cm³/mol. The number of rotatable bonds is 7. The molecule has 3 aromatic rings. The zero-order chi connectivity index (χ0) is 21.7. The molecule has 0 fully saturated rings.